The van der Waals surface area contributed by atoms with Gasteiger partial charge in [0.25, 0.3) is 0 Å². The summed E-state index contributed by atoms with van der Waals surface area (Å²) in [5.74, 6) is 1.78. The molecule has 0 aliphatic heterocycles. The molecule has 12 aromatic rings. The molecule has 0 radical (unpaired) electrons. The number of hydrogen-bond acceptors (Lipinski definition) is 4. The van der Waals surface area contributed by atoms with Crippen LogP contribution in [0, 0.1) is 0 Å². The molecule has 0 fully saturated rings. The summed E-state index contributed by atoms with van der Waals surface area (Å²) in [5.41, 5.74) is 7.78. The minimum absolute atomic E-state index is 0.554. The highest BCUT2D eigenvalue weighted by Gasteiger charge is 2.23. The largest absolute Gasteiger partial charge is 0.456 e. The number of furan rings is 1. The van der Waals surface area contributed by atoms with Crippen LogP contribution in [0.4, 0.5) is 0 Å². The van der Waals surface area contributed by atoms with Gasteiger partial charge in [0, 0.05) is 38.2 Å². The second kappa shape index (κ2) is 13.5. The van der Waals surface area contributed by atoms with Gasteiger partial charge in [-0.05, 0) is 74.3 Å². The predicted octanol–water partition coefficient (Wildman–Crippen LogP) is 14.4. The molecule has 274 valence electrons. The fourth-order valence-corrected chi connectivity index (χ4v) is 8.56. The normalized spacial score (nSPS) is 11.6. The summed E-state index contributed by atoms with van der Waals surface area (Å²) in [6.07, 6.45) is 0. The number of rotatable bonds is 4. The topological polar surface area (TPSA) is 56.7 Å². The first-order valence-corrected chi connectivity index (χ1v) is 19.8. The maximum absolute atomic E-state index is 6.40. The van der Waals surface area contributed by atoms with E-state index in [1.807, 2.05) is 26.0 Å². The summed E-state index contributed by atoms with van der Waals surface area (Å²) in [5, 5.41) is 11.3. The summed E-state index contributed by atoms with van der Waals surface area (Å²) in [4.78, 5) is 16.0. The van der Waals surface area contributed by atoms with Crippen molar-refractivity contribution in [3.63, 3.8) is 0 Å². The van der Waals surface area contributed by atoms with Gasteiger partial charge in [0.15, 0.2) is 11.6 Å². The Morgan fingerprint density at radius 1 is 0.397 bits per heavy atom. The molecule has 58 heavy (non-hydrogen) atoms. The quantitative estimate of drug-likeness (QED) is 0.180. The van der Waals surface area contributed by atoms with Crippen molar-refractivity contribution in [2.24, 2.45) is 0 Å². The van der Waals surface area contributed by atoms with Crippen molar-refractivity contribution in [2.75, 3.05) is 0 Å². The minimum Gasteiger partial charge on any atom is -0.456 e. The van der Waals surface area contributed by atoms with Crippen LogP contribution in [0.2, 0.25) is 0 Å². The second-order valence-corrected chi connectivity index (χ2v) is 14.4. The molecule has 0 amide bonds. The third-order valence-corrected chi connectivity index (χ3v) is 11.2. The van der Waals surface area contributed by atoms with Gasteiger partial charge in [0.2, 0.25) is 5.95 Å². The molecule has 9 aromatic carbocycles. The molecule has 12 rings (SSSR count). The Hall–Kier alpha value is -7.63. The molecule has 3 heterocycles. The van der Waals surface area contributed by atoms with Gasteiger partial charge in [-0.1, -0.05) is 159 Å². The van der Waals surface area contributed by atoms with Gasteiger partial charge in [-0.15, -0.1) is 0 Å². The van der Waals surface area contributed by atoms with E-state index in [4.69, 9.17) is 19.4 Å². The third-order valence-electron chi connectivity index (χ3n) is 11.2. The number of hydrogen-bond donors (Lipinski definition) is 0. The molecule has 0 spiro atoms. The van der Waals surface area contributed by atoms with E-state index in [-0.39, 0.29) is 0 Å². The van der Waals surface area contributed by atoms with E-state index >= 15 is 0 Å². The molecular weight excluding hydrogens is 709 g/mol. The van der Waals surface area contributed by atoms with E-state index in [1.54, 1.807) is 0 Å². The van der Waals surface area contributed by atoms with E-state index in [1.165, 1.54) is 16.2 Å². The molecule has 0 N–H and O–H groups in total. The maximum Gasteiger partial charge on any atom is 0.238 e. The van der Waals surface area contributed by atoms with Gasteiger partial charge < -0.3 is 4.42 Å². The van der Waals surface area contributed by atoms with Crippen LogP contribution >= 0.6 is 0 Å². The summed E-state index contributed by atoms with van der Waals surface area (Å²) in [6.45, 7) is 4.00. The monoisotopic (exact) mass is 744 g/mol. The van der Waals surface area contributed by atoms with Gasteiger partial charge in [-0.3, -0.25) is 4.57 Å². The fraction of sp³-hybridized carbons (Fsp3) is 0.0377. The lowest BCUT2D eigenvalue weighted by atomic mass is 9.97. The second-order valence-electron chi connectivity index (χ2n) is 14.4. The van der Waals surface area contributed by atoms with Crippen molar-refractivity contribution in [3.8, 4) is 39.9 Å². The zero-order valence-corrected chi connectivity index (χ0v) is 32.0. The van der Waals surface area contributed by atoms with Crippen molar-refractivity contribution in [2.45, 2.75) is 13.8 Å². The van der Waals surface area contributed by atoms with Crippen molar-refractivity contribution < 1.29 is 4.42 Å². The van der Waals surface area contributed by atoms with E-state index in [2.05, 4.69) is 174 Å². The molecule has 0 saturated carbocycles. The standard InChI is InChI=1S/C51H30N4O.C2H6/c1-3-13-33-27-37(25-23-31(33)11-1)49-52-50(38-26-24-32-12-2-4-14-34(32)28-38)54-51(53-49)55-44-30-36-16-6-5-15-35(36)29-43(44)41-20-9-19-40(48(41)55)39-18-10-22-46-47(39)42-17-7-8-21-45(42)56-46;1-2/h1-30H;1-2H3. The van der Waals surface area contributed by atoms with E-state index in [0.717, 1.165) is 82.2 Å². The molecule has 0 unspecified atom stereocenters. The molecular formula is C53H36N4O. The highest BCUT2D eigenvalue weighted by molar-refractivity contribution is 6.20. The first kappa shape index (κ1) is 33.7. The van der Waals surface area contributed by atoms with Gasteiger partial charge in [-0.25, -0.2) is 4.98 Å². The highest BCUT2D eigenvalue weighted by atomic mass is 16.3. The molecule has 0 bridgehead atoms. The Labute approximate surface area is 334 Å². The zero-order valence-electron chi connectivity index (χ0n) is 32.0. The molecule has 0 aliphatic carbocycles. The SMILES string of the molecule is CC.c1ccc2cc(-c3nc(-c4ccc5ccccc5c4)nc(-n4c5cc6ccccc6cc5c5cccc(-c6cccc7oc8ccccc8c67)c54)n3)ccc2c1. The summed E-state index contributed by atoms with van der Waals surface area (Å²) >= 11 is 0. The Morgan fingerprint density at radius 2 is 0.914 bits per heavy atom. The van der Waals surface area contributed by atoms with Crippen LogP contribution in [0.25, 0.3) is 116 Å². The summed E-state index contributed by atoms with van der Waals surface area (Å²) in [6, 6.07) is 64.0. The zero-order chi connectivity index (χ0) is 38.7. The van der Waals surface area contributed by atoms with Crippen molar-refractivity contribution in [1.29, 1.82) is 0 Å². The average Bonchev–Trinajstić information content (AvgIpc) is 3.84. The van der Waals surface area contributed by atoms with E-state index < -0.39 is 0 Å². The van der Waals surface area contributed by atoms with Crippen LogP contribution in [0.3, 0.4) is 0 Å². The van der Waals surface area contributed by atoms with Crippen molar-refractivity contribution >= 4 is 76.1 Å². The van der Waals surface area contributed by atoms with Crippen LogP contribution in [0.5, 0.6) is 0 Å². The van der Waals surface area contributed by atoms with Crippen molar-refractivity contribution in [1.82, 2.24) is 19.5 Å². The number of nitrogens with zero attached hydrogens (tertiary/aromatic N) is 4. The third kappa shape index (κ3) is 5.35. The predicted molar refractivity (Wildman–Crippen MR) is 242 cm³/mol. The first-order chi connectivity index (χ1) is 28.7. The first-order valence-electron chi connectivity index (χ1n) is 19.8. The number of benzene rings is 9. The number of aromatic nitrogens is 4. The Bertz CT molecular complexity index is 3460. The highest BCUT2D eigenvalue weighted by Crippen LogP contribution is 2.43. The van der Waals surface area contributed by atoms with Gasteiger partial charge >= 0.3 is 0 Å². The maximum atomic E-state index is 6.40. The fourth-order valence-electron chi connectivity index (χ4n) is 8.56. The lowest BCUT2D eigenvalue weighted by molar-refractivity contribution is 0.669. The van der Waals surface area contributed by atoms with Gasteiger partial charge in [-0.2, -0.15) is 9.97 Å². The molecule has 3 aromatic heterocycles. The van der Waals surface area contributed by atoms with Gasteiger partial charge in [0.1, 0.15) is 11.2 Å². The van der Waals surface area contributed by atoms with Crippen LogP contribution < -0.4 is 0 Å². The molecule has 0 saturated heterocycles. The molecule has 0 aliphatic rings. The summed E-state index contributed by atoms with van der Waals surface area (Å²) < 4.78 is 8.66. The average molecular weight is 745 g/mol. The van der Waals surface area contributed by atoms with E-state index in [0.29, 0.717) is 17.6 Å². The van der Waals surface area contributed by atoms with Crippen LogP contribution in [-0.2, 0) is 0 Å². The lowest BCUT2D eigenvalue weighted by Crippen LogP contribution is -2.07. The smallest absolute Gasteiger partial charge is 0.238 e. The van der Waals surface area contributed by atoms with Gasteiger partial charge in [0.05, 0.1) is 11.0 Å². The Morgan fingerprint density at radius 3 is 1.59 bits per heavy atom. The van der Waals surface area contributed by atoms with Crippen LogP contribution in [0.1, 0.15) is 13.8 Å². The Balaban J connectivity index is 0.00000190. The van der Waals surface area contributed by atoms with E-state index in [9.17, 15) is 0 Å². The molecule has 0 atom stereocenters. The summed E-state index contributed by atoms with van der Waals surface area (Å²) in [7, 11) is 0. The van der Waals surface area contributed by atoms with Crippen LogP contribution in [0.15, 0.2) is 186 Å². The van der Waals surface area contributed by atoms with Crippen molar-refractivity contribution in [3.05, 3.63) is 182 Å². The number of fused-ring (bicyclic) bond motifs is 9. The number of para-hydroxylation sites is 2. The lowest BCUT2D eigenvalue weighted by Gasteiger charge is -2.14. The Kier molecular flexibility index (Phi) is 7.86. The molecule has 5 heteroatoms. The minimum atomic E-state index is 0.554. The van der Waals surface area contributed by atoms with Crippen LogP contribution in [-0.4, -0.2) is 19.5 Å². The molecule has 5 nitrogen and oxygen atoms in total.